The van der Waals surface area contributed by atoms with Crippen LogP contribution in [-0.2, 0) is 22.9 Å². The van der Waals surface area contributed by atoms with Gasteiger partial charge in [-0.2, -0.15) is 11.3 Å². The summed E-state index contributed by atoms with van der Waals surface area (Å²) in [6.07, 6.45) is 1.20. The maximum Gasteiger partial charge on any atom is 0.191 e. The van der Waals surface area contributed by atoms with Crippen LogP contribution in [0.25, 0.3) is 0 Å². The predicted octanol–water partition coefficient (Wildman–Crippen LogP) is 2.02. The summed E-state index contributed by atoms with van der Waals surface area (Å²) in [6.45, 7) is 1.30. The summed E-state index contributed by atoms with van der Waals surface area (Å²) >= 11 is 1.66. The highest BCUT2D eigenvalue weighted by Gasteiger charge is 2.06. The largest absolute Gasteiger partial charge is 0.352 e. The van der Waals surface area contributed by atoms with Crippen molar-refractivity contribution in [1.29, 1.82) is 0 Å². The molecule has 0 amide bonds. The van der Waals surface area contributed by atoms with E-state index in [0.29, 0.717) is 17.4 Å². The molecule has 0 radical (unpaired) electrons. The second kappa shape index (κ2) is 7.42. The molecule has 0 bridgehead atoms. The van der Waals surface area contributed by atoms with Crippen molar-refractivity contribution in [2.24, 2.45) is 4.99 Å². The Labute approximate surface area is 135 Å². The van der Waals surface area contributed by atoms with Gasteiger partial charge < -0.3 is 10.6 Å². The SMILES string of the molecule is CN=C(NCc1ccc(S(C)(=O)=O)cc1)NCc1ccsc1. The summed E-state index contributed by atoms with van der Waals surface area (Å²) in [4.78, 5) is 4.49. The van der Waals surface area contributed by atoms with Crippen LogP contribution in [0.5, 0.6) is 0 Å². The quantitative estimate of drug-likeness (QED) is 0.647. The molecule has 1 heterocycles. The summed E-state index contributed by atoms with van der Waals surface area (Å²) < 4.78 is 22.8. The fourth-order valence-electron chi connectivity index (χ4n) is 1.84. The average molecular weight is 337 g/mol. The zero-order chi connectivity index (χ0) is 16.0. The summed E-state index contributed by atoms with van der Waals surface area (Å²) in [5.74, 6) is 0.707. The van der Waals surface area contributed by atoms with Gasteiger partial charge >= 0.3 is 0 Å². The molecule has 22 heavy (non-hydrogen) atoms. The van der Waals surface area contributed by atoms with Crippen LogP contribution in [-0.4, -0.2) is 27.7 Å². The molecule has 0 aliphatic rings. The fourth-order valence-corrected chi connectivity index (χ4v) is 3.14. The van der Waals surface area contributed by atoms with E-state index in [1.807, 2.05) is 5.38 Å². The van der Waals surface area contributed by atoms with Crippen LogP contribution in [0, 0.1) is 0 Å². The van der Waals surface area contributed by atoms with E-state index < -0.39 is 9.84 Å². The lowest BCUT2D eigenvalue weighted by Crippen LogP contribution is -2.36. The molecule has 0 unspecified atom stereocenters. The normalized spacial score (nSPS) is 12.2. The lowest BCUT2D eigenvalue weighted by Gasteiger charge is -2.11. The van der Waals surface area contributed by atoms with Crippen molar-refractivity contribution in [3.05, 3.63) is 52.2 Å². The van der Waals surface area contributed by atoms with Crippen molar-refractivity contribution in [3.63, 3.8) is 0 Å². The molecular formula is C15H19N3O2S2. The van der Waals surface area contributed by atoms with Crippen LogP contribution >= 0.6 is 11.3 Å². The zero-order valence-corrected chi connectivity index (χ0v) is 14.2. The standard InChI is InChI=1S/C15H19N3O2S2/c1-16-15(18-10-13-7-8-21-11-13)17-9-12-3-5-14(6-4-12)22(2,19)20/h3-8,11H,9-10H2,1-2H3,(H2,16,17,18). The van der Waals surface area contributed by atoms with E-state index in [1.165, 1.54) is 11.8 Å². The number of aliphatic imine (C=N–C) groups is 1. The van der Waals surface area contributed by atoms with E-state index in [-0.39, 0.29) is 0 Å². The Hall–Kier alpha value is -1.86. The highest BCUT2D eigenvalue weighted by atomic mass is 32.2. The molecule has 0 aliphatic carbocycles. The molecule has 0 fully saturated rings. The van der Waals surface area contributed by atoms with Gasteiger partial charge in [-0.3, -0.25) is 4.99 Å². The van der Waals surface area contributed by atoms with Crippen molar-refractivity contribution in [2.75, 3.05) is 13.3 Å². The Balaban J connectivity index is 1.88. The minimum atomic E-state index is -3.14. The molecule has 0 saturated carbocycles. The first-order chi connectivity index (χ1) is 10.5. The van der Waals surface area contributed by atoms with Crippen molar-refractivity contribution >= 4 is 27.1 Å². The van der Waals surface area contributed by atoms with E-state index in [9.17, 15) is 8.42 Å². The Morgan fingerprint density at radius 2 is 1.73 bits per heavy atom. The molecular weight excluding hydrogens is 318 g/mol. The number of benzene rings is 1. The number of hydrogen-bond acceptors (Lipinski definition) is 4. The Bertz CT molecular complexity index is 721. The summed E-state index contributed by atoms with van der Waals surface area (Å²) in [6, 6.07) is 8.90. The molecule has 0 atom stereocenters. The summed E-state index contributed by atoms with van der Waals surface area (Å²) in [7, 11) is -1.43. The molecule has 1 aromatic carbocycles. The van der Waals surface area contributed by atoms with Gasteiger partial charge in [-0.05, 0) is 40.1 Å². The van der Waals surface area contributed by atoms with Crippen molar-refractivity contribution in [2.45, 2.75) is 18.0 Å². The van der Waals surface area contributed by atoms with Crippen molar-refractivity contribution < 1.29 is 8.42 Å². The van der Waals surface area contributed by atoms with Crippen LogP contribution in [0.15, 0.2) is 51.0 Å². The van der Waals surface area contributed by atoms with Crippen LogP contribution in [0.2, 0.25) is 0 Å². The third kappa shape index (κ3) is 4.85. The van der Waals surface area contributed by atoms with Gasteiger partial charge in [0, 0.05) is 26.4 Å². The molecule has 0 saturated heterocycles. The van der Waals surface area contributed by atoms with Gasteiger partial charge in [0.05, 0.1) is 4.90 Å². The van der Waals surface area contributed by atoms with Gasteiger partial charge in [0.25, 0.3) is 0 Å². The third-order valence-corrected chi connectivity index (χ3v) is 4.94. The van der Waals surface area contributed by atoms with Gasteiger partial charge in [-0.1, -0.05) is 12.1 Å². The zero-order valence-electron chi connectivity index (χ0n) is 12.5. The van der Waals surface area contributed by atoms with Crippen LogP contribution < -0.4 is 10.6 Å². The molecule has 5 nitrogen and oxygen atoms in total. The number of nitrogens with zero attached hydrogens (tertiary/aromatic N) is 1. The highest BCUT2D eigenvalue weighted by molar-refractivity contribution is 7.90. The number of thiophene rings is 1. The topological polar surface area (TPSA) is 70.6 Å². The van der Waals surface area contributed by atoms with Crippen molar-refractivity contribution in [3.8, 4) is 0 Å². The van der Waals surface area contributed by atoms with Crippen LogP contribution in [0.4, 0.5) is 0 Å². The predicted molar refractivity (Wildman–Crippen MR) is 90.9 cm³/mol. The number of rotatable bonds is 5. The first-order valence-electron chi connectivity index (χ1n) is 6.73. The first kappa shape index (κ1) is 16.5. The lowest BCUT2D eigenvalue weighted by molar-refractivity contribution is 0.602. The maximum atomic E-state index is 11.4. The summed E-state index contributed by atoms with van der Waals surface area (Å²) in [5, 5.41) is 10.6. The maximum absolute atomic E-state index is 11.4. The third-order valence-electron chi connectivity index (χ3n) is 3.08. The number of sulfone groups is 1. The minimum Gasteiger partial charge on any atom is -0.352 e. The number of hydrogen-bond donors (Lipinski definition) is 2. The number of guanidine groups is 1. The monoisotopic (exact) mass is 337 g/mol. The minimum absolute atomic E-state index is 0.330. The molecule has 2 rings (SSSR count). The Morgan fingerprint density at radius 3 is 2.23 bits per heavy atom. The second-order valence-corrected chi connectivity index (χ2v) is 7.62. The molecule has 0 spiro atoms. The van der Waals surface area contributed by atoms with Gasteiger partial charge in [0.15, 0.2) is 15.8 Å². The molecule has 2 N–H and O–H groups in total. The molecule has 1 aromatic heterocycles. The van der Waals surface area contributed by atoms with Crippen LogP contribution in [0.1, 0.15) is 11.1 Å². The molecule has 7 heteroatoms. The van der Waals surface area contributed by atoms with Gasteiger partial charge in [-0.25, -0.2) is 8.42 Å². The van der Waals surface area contributed by atoms with E-state index in [2.05, 4.69) is 27.1 Å². The van der Waals surface area contributed by atoms with Gasteiger partial charge in [-0.15, -0.1) is 0 Å². The highest BCUT2D eigenvalue weighted by Crippen LogP contribution is 2.10. The molecule has 2 aromatic rings. The van der Waals surface area contributed by atoms with Crippen molar-refractivity contribution in [1.82, 2.24) is 10.6 Å². The molecule has 0 aliphatic heterocycles. The van der Waals surface area contributed by atoms with E-state index in [0.717, 1.165) is 12.1 Å². The number of nitrogens with one attached hydrogen (secondary N) is 2. The summed E-state index contributed by atoms with van der Waals surface area (Å²) in [5.41, 5.74) is 2.20. The first-order valence-corrected chi connectivity index (χ1v) is 9.57. The average Bonchev–Trinajstić information content (AvgIpc) is 3.00. The Kier molecular flexibility index (Phi) is 5.57. The van der Waals surface area contributed by atoms with Gasteiger partial charge in [0.1, 0.15) is 0 Å². The van der Waals surface area contributed by atoms with E-state index in [1.54, 1.807) is 42.6 Å². The van der Waals surface area contributed by atoms with E-state index >= 15 is 0 Å². The van der Waals surface area contributed by atoms with Gasteiger partial charge in [0.2, 0.25) is 0 Å². The van der Waals surface area contributed by atoms with E-state index in [4.69, 9.17) is 0 Å². The molecule has 118 valence electrons. The second-order valence-electron chi connectivity index (χ2n) is 4.83. The smallest absolute Gasteiger partial charge is 0.191 e. The Morgan fingerprint density at radius 1 is 1.09 bits per heavy atom. The van der Waals surface area contributed by atoms with Crippen LogP contribution in [0.3, 0.4) is 0 Å². The fraction of sp³-hybridized carbons (Fsp3) is 0.267. The lowest BCUT2D eigenvalue weighted by atomic mass is 10.2.